The highest BCUT2D eigenvalue weighted by atomic mass is 19.4. The average Bonchev–Trinajstić information content (AvgIpc) is 2.71. The van der Waals surface area contributed by atoms with Gasteiger partial charge in [-0.2, -0.15) is 13.2 Å². The van der Waals surface area contributed by atoms with Gasteiger partial charge < -0.3 is 9.84 Å². The number of carbonyl (C=O) groups is 2. The van der Waals surface area contributed by atoms with Crippen LogP contribution in [-0.4, -0.2) is 34.7 Å². The molecule has 0 radical (unpaired) electrons. The highest BCUT2D eigenvalue weighted by molar-refractivity contribution is 5.81. The van der Waals surface area contributed by atoms with Gasteiger partial charge in [0.1, 0.15) is 0 Å². The van der Waals surface area contributed by atoms with Crippen LogP contribution in [0.5, 0.6) is 0 Å². The molecular weight excluding hydrogens is 279 g/mol. The Bertz CT molecular complexity index is 544. The van der Waals surface area contributed by atoms with Gasteiger partial charge in [0, 0.05) is 6.54 Å². The van der Waals surface area contributed by atoms with E-state index >= 15 is 0 Å². The van der Waals surface area contributed by atoms with E-state index in [9.17, 15) is 22.8 Å². The van der Waals surface area contributed by atoms with Gasteiger partial charge in [0.15, 0.2) is 0 Å². The van der Waals surface area contributed by atoms with Gasteiger partial charge >= 0.3 is 18.2 Å². The molecule has 1 N–H and O–H groups in total. The molecule has 0 aromatic heterocycles. The Morgan fingerprint density at radius 1 is 1.40 bits per heavy atom. The maximum Gasteiger partial charge on any atom is 0.416 e. The van der Waals surface area contributed by atoms with Crippen molar-refractivity contribution in [3.8, 4) is 0 Å². The maximum absolute atomic E-state index is 12.8. The smallest absolute Gasteiger partial charge is 0.416 e. The molecule has 1 saturated heterocycles. The number of rotatable bonds is 3. The predicted octanol–water partition coefficient (Wildman–Crippen LogP) is 2.11. The van der Waals surface area contributed by atoms with Gasteiger partial charge in [-0.1, -0.05) is 18.2 Å². The first-order valence-electron chi connectivity index (χ1n) is 5.62. The summed E-state index contributed by atoms with van der Waals surface area (Å²) in [5.41, 5.74) is -0.963. The standard InChI is InChI=1S/C12H10F3NO4/c13-12(14,15)8-4-2-1-3-7(8)5-16-6-9(10(17)18)20-11(16)19/h1-4,9H,5-6H2,(H,17,18)/t9-/m1/s1. The maximum atomic E-state index is 12.8. The number of carboxylic acids is 1. The van der Waals surface area contributed by atoms with E-state index in [0.29, 0.717) is 0 Å². The summed E-state index contributed by atoms with van der Waals surface area (Å²) in [4.78, 5) is 23.0. The molecule has 8 heteroatoms. The molecule has 5 nitrogen and oxygen atoms in total. The van der Waals surface area contributed by atoms with Gasteiger partial charge in [-0.3, -0.25) is 4.90 Å². The Kier molecular flexibility index (Phi) is 3.56. The first kappa shape index (κ1) is 14.2. The van der Waals surface area contributed by atoms with Gasteiger partial charge in [-0.15, -0.1) is 0 Å². The van der Waals surface area contributed by atoms with Crippen molar-refractivity contribution in [3.05, 3.63) is 35.4 Å². The van der Waals surface area contributed by atoms with Crippen molar-refractivity contribution >= 4 is 12.1 Å². The second-order valence-electron chi connectivity index (χ2n) is 4.25. The fourth-order valence-corrected chi connectivity index (χ4v) is 1.91. The van der Waals surface area contributed by atoms with Gasteiger partial charge in [-0.05, 0) is 11.6 Å². The molecule has 1 aromatic rings. The number of aliphatic carboxylic acids is 1. The quantitative estimate of drug-likeness (QED) is 0.925. The summed E-state index contributed by atoms with van der Waals surface area (Å²) >= 11 is 0. The van der Waals surface area contributed by atoms with Crippen LogP contribution >= 0.6 is 0 Å². The minimum atomic E-state index is -4.54. The molecule has 1 amide bonds. The third-order valence-corrected chi connectivity index (χ3v) is 2.85. The fraction of sp³-hybridized carbons (Fsp3) is 0.333. The lowest BCUT2D eigenvalue weighted by molar-refractivity contribution is -0.144. The molecule has 108 valence electrons. The van der Waals surface area contributed by atoms with Gasteiger partial charge in [0.05, 0.1) is 12.1 Å². The number of benzene rings is 1. The summed E-state index contributed by atoms with van der Waals surface area (Å²) in [6, 6.07) is 4.81. The topological polar surface area (TPSA) is 66.8 Å². The van der Waals surface area contributed by atoms with Crippen LogP contribution in [0.4, 0.5) is 18.0 Å². The van der Waals surface area contributed by atoms with Crippen LogP contribution in [0.1, 0.15) is 11.1 Å². The number of hydrogen-bond acceptors (Lipinski definition) is 3. The van der Waals surface area contributed by atoms with Crippen molar-refractivity contribution in [1.82, 2.24) is 4.90 Å². The lowest BCUT2D eigenvalue weighted by Gasteiger charge is -2.17. The summed E-state index contributed by atoms with van der Waals surface area (Å²) < 4.78 is 42.9. The normalized spacial score (nSPS) is 19.1. The van der Waals surface area contributed by atoms with Gasteiger partial charge in [-0.25, -0.2) is 9.59 Å². The first-order valence-corrected chi connectivity index (χ1v) is 5.62. The van der Waals surface area contributed by atoms with Crippen molar-refractivity contribution in [1.29, 1.82) is 0 Å². The Morgan fingerprint density at radius 2 is 2.05 bits per heavy atom. The highest BCUT2D eigenvalue weighted by Gasteiger charge is 2.38. The summed E-state index contributed by atoms with van der Waals surface area (Å²) in [5, 5.41) is 8.71. The monoisotopic (exact) mass is 289 g/mol. The van der Waals surface area contributed by atoms with E-state index in [2.05, 4.69) is 4.74 Å². The zero-order valence-electron chi connectivity index (χ0n) is 10.1. The number of ether oxygens (including phenoxy) is 1. The zero-order valence-corrected chi connectivity index (χ0v) is 10.1. The van der Waals surface area contributed by atoms with E-state index in [1.165, 1.54) is 18.2 Å². The Hall–Kier alpha value is -2.25. The predicted molar refractivity (Wildman–Crippen MR) is 59.8 cm³/mol. The van der Waals surface area contributed by atoms with Crippen molar-refractivity contribution in [2.45, 2.75) is 18.8 Å². The minimum Gasteiger partial charge on any atom is -0.478 e. The molecule has 20 heavy (non-hydrogen) atoms. The molecule has 0 unspecified atom stereocenters. The van der Waals surface area contributed by atoms with E-state index < -0.39 is 29.9 Å². The van der Waals surface area contributed by atoms with Crippen LogP contribution in [0.2, 0.25) is 0 Å². The van der Waals surface area contributed by atoms with Crippen LogP contribution in [0.25, 0.3) is 0 Å². The molecule has 1 aliphatic heterocycles. The zero-order chi connectivity index (χ0) is 14.9. The van der Waals surface area contributed by atoms with Crippen LogP contribution in [0, 0.1) is 0 Å². The molecule has 2 rings (SSSR count). The molecule has 1 fully saturated rings. The molecule has 1 atom stereocenters. The van der Waals surface area contributed by atoms with E-state index in [0.717, 1.165) is 11.0 Å². The van der Waals surface area contributed by atoms with Gasteiger partial charge in [0.2, 0.25) is 6.10 Å². The lowest BCUT2D eigenvalue weighted by atomic mass is 10.1. The number of hydrogen-bond donors (Lipinski definition) is 1. The number of carboxylic acid groups (broad SMARTS) is 1. The second kappa shape index (κ2) is 5.03. The number of halogens is 3. The third-order valence-electron chi connectivity index (χ3n) is 2.85. The van der Waals surface area contributed by atoms with Crippen LogP contribution < -0.4 is 0 Å². The Labute approximate surface area is 111 Å². The van der Waals surface area contributed by atoms with Crippen LogP contribution in [0.3, 0.4) is 0 Å². The minimum absolute atomic E-state index is 0.108. The molecule has 0 saturated carbocycles. The number of nitrogens with zero attached hydrogens (tertiary/aromatic N) is 1. The van der Waals surface area contributed by atoms with Crippen LogP contribution in [0.15, 0.2) is 24.3 Å². The molecule has 1 aromatic carbocycles. The SMILES string of the molecule is O=C(O)[C@H]1CN(Cc2ccccc2C(F)(F)F)C(=O)O1. The van der Waals surface area contributed by atoms with Crippen molar-refractivity contribution < 1.29 is 32.6 Å². The summed E-state index contributed by atoms with van der Waals surface area (Å²) in [6.45, 7) is -0.626. The Morgan fingerprint density at radius 3 is 2.60 bits per heavy atom. The average molecular weight is 289 g/mol. The van der Waals surface area contributed by atoms with E-state index in [1.54, 1.807) is 0 Å². The molecular formula is C12H10F3NO4. The number of cyclic esters (lactones) is 1. The van der Waals surface area contributed by atoms with Crippen LogP contribution in [-0.2, 0) is 22.3 Å². The van der Waals surface area contributed by atoms with E-state index in [4.69, 9.17) is 5.11 Å². The molecule has 0 bridgehead atoms. The lowest BCUT2D eigenvalue weighted by Crippen LogP contribution is -2.28. The van der Waals surface area contributed by atoms with E-state index in [1.807, 2.05) is 0 Å². The van der Waals surface area contributed by atoms with Crippen molar-refractivity contribution in [2.24, 2.45) is 0 Å². The third kappa shape index (κ3) is 2.84. The summed E-state index contributed by atoms with van der Waals surface area (Å²) in [6.07, 6.45) is -6.82. The number of carbonyl (C=O) groups excluding carboxylic acids is 1. The molecule has 0 spiro atoms. The summed E-state index contributed by atoms with van der Waals surface area (Å²) in [7, 11) is 0. The Balaban J connectivity index is 2.19. The first-order chi connectivity index (χ1) is 9.29. The number of amides is 1. The molecule has 1 aliphatic rings. The second-order valence-corrected chi connectivity index (χ2v) is 4.25. The largest absolute Gasteiger partial charge is 0.478 e. The molecule has 0 aliphatic carbocycles. The molecule has 1 heterocycles. The van der Waals surface area contributed by atoms with Crippen molar-refractivity contribution in [3.63, 3.8) is 0 Å². The summed E-state index contributed by atoms with van der Waals surface area (Å²) in [5.74, 6) is -1.33. The van der Waals surface area contributed by atoms with Gasteiger partial charge in [0.25, 0.3) is 0 Å². The number of alkyl halides is 3. The highest BCUT2D eigenvalue weighted by Crippen LogP contribution is 2.32. The fourth-order valence-electron chi connectivity index (χ4n) is 1.91. The van der Waals surface area contributed by atoms with Crippen molar-refractivity contribution in [2.75, 3.05) is 6.54 Å². The van der Waals surface area contributed by atoms with E-state index in [-0.39, 0.29) is 18.7 Å².